The Kier molecular flexibility index (Phi) is 3.89. The van der Waals surface area contributed by atoms with E-state index in [0.717, 1.165) is 17.3 Å². The first kappa shape index (κ1) is 16.3. The molecule has 1 heterocycles. The summed E-state index contributed by atoms with van der Waals surface area (Å²) in [5.41, 5.74) is 1.34. The van der Waals surface area contributed by atoms with Crippen molar-refractivity contribution >= 4 is 28.3 Å². The summed E-state index contributed by atoms with van der Waals surface area (Å²) >= 11 is 0. The lowest BCUT2D eigenvalue weighted by Crippen LogP contribution is -2.41. The van der Waals surface area contributed by atoms with Gasteiger partial charge in [-0.05, 0) is 51.7 Å². The fourth-order valence-corrected chi connectivity index (χ4v) is 2.81. The molecule has 0 radical (unpaired) electrons. The van der Waals surface area contributed by atoms with Crippen LogP contribution in [0, 0.1) is 6.92 Å². The fraction of sp³-hybridized carbons (Fsp3) is 0.571. The van der Waals surface area contributed by atoms with Crippen LogP contribution in [0.1, 0.15) is 33.3 Å². The van der Waals surface area contributed by atoms with Crippen molar-refractivity contribution in [2.24, 2.45) is 0 Å². The van der Waals surface area contributed by atoms with Gasteiger partial charge in [-0.25, -0.2) is 8.42 Å². The number of sulfonamides is 1. The van der Waals surface area contributed by atoms with E-state index in [4.69, 9.17) is 9.31 Å². The average molecular weight is 311 g/mol. The second-order valence-corrected chi connectivity index (χ2v) is 8.23. The lowest BCUT2D eigenvalue weighted by molar-refractivity contribution is 0.00578. The topological polar surface area (TPSA) is 64.6 Å². The van der Waals surface area contributed by atoms with E-state index >= 15 is 0 Å². The zero-order chi connectivity index (χ0) is 16.1. The Labute approximate surface area is 127 Å². The zero-order valence-corrected chi connectivity index (χ0v) is 14.2. The molecule has 116 valence electrons. The molecule has 1 saturated heterocycles. The monoisotopic (exact) mass is 311 g/mol. The molecule has 1 aliphatic heterocycles. The molecule has 0 amide bonds. The van der Waals surface area contributed by atoms with E-state index < -0.39 is 28.3 Å². The van der Waals surface area contributed by atoms with E-state index in [1.807, 2.05) is 40.7 Å². The summed E-state index contributed by atoms with van der Waals surface area (Å²) in [4.78, 5) is 0. The van der Waals surface area contributed by atoms with Crippen LogP contribution in [-0.2, 0) is 19.3 Å². The third-order valence-electron chi connectivity index (χ3n) is 4.18. The van der Waals surface area contributed by atoms with Gasteiger partial charge in [0.15, 0.2) is 0 Å². The third-order valence-corrected chi connectivity index (χ3v) is 4.77. The Morgan fingerprint density at radius 1 is 1.10 bits per heavy atom. The van der Waals surface area contributed by atoms with Gasteiger partial charge in [-0.2, -0.15) is 0 Å². The number of rotatable bonds is 3. The highest BCUT2D eigenvalue weighted by Gasteiger charge is 2.52. The first-order valence-electron chi connectivity index (χ1n) is 6.86. The Balaban J connectivity index is 2.37. The molecule has 1 aliphatic rings. The van der Waals surface area contributed by atoms with Crippen molar-refractivity contribution < 1.29 is 17.7 Å². The quantitative estimate of drug-likeness (QED) is 0.862. The number of nitrogens with one attached hydrogen (secondary N) is 1. The molecule has 5 nitrogen and oxygen atoms in total. The molecule has 2 rings (SSSR count). The van der Waals surface area contributed by atoms with Gasteiger partial charge in [0.25, 0.3) is 0 Å². The molecule has 0 unspecified atom stereocenters. The molecule has 0 aromatic heterocycles. The second kappa shape index (κ2) is 5.00. The zero-order valence-electron chi connectivity index (χ0n) is 13.4. The van der Waals surface area contributed by atoms with Crippen LogP contribution in [0.25, 0.3) is 0 Å². The van der Waals surface area contributed by atoms with Crippen molar-refractivity contribution in [2.75, 3.05) is 11.0 Å². The smallest absolute Gasteiger partial charge is 0.399 e. The molecular formula is C14H22BNO4S. The van der Waals surface area contributed by atoms with Crippen molar-refractivity contribution in [3.63, 3.8) is 0 Å². The average Bonchev–Trinajstić information content (AvgIpc) is 2.49. The Morgan fingerprint density at radius 3 is 2.10 bits per heavy atom. The van der Waals surface area contributed by atoms with Crippen molar-refractivity contribution in [3.05, 3.63) is 23.8 Å². The molecule has 1 fully saturated rings. The minimum atomic E-state index is -3.32. The largest absolute Gasteiger partial charge is 0.495 e. The molecule has 1 aromatic carbocycles. The van der Waals surface area contributed by atoms with Gasteiger partial charge in [-0.1, -0.05) is 12.1 Å². The minimum Gasteiger partial charge on any atom is -0.399 e. The van der Waals surface area contributed by atoms with Crippen LogP contribution in [0.4, 0.5) is 5.69 Å². The van der Waals surface area contributed by atoms with Crippen LogP contribution in [-0.4, -0.2) is 33.0 Å². The number of benzene rings is 1. The maximum atomic E-state index is 11.4. The van der Waals surface area contributed by atoms with Crippen molar-refractivity contribution in [3.8, 4) is 0 Å². The molecule has 7 heteroatoms. The van der Waals surface area contributed by atoms with Gasteiger partial charge in [-0.15, -0.1) is 0 Å². The van der Waals surface area contributed by atoms with E-state index in [1.165, 1.54) is 0 Å². The number of hydrogen-bond acceptors (Lipinski definition) is 4. The Bertz CT molecular complexity index is 639. The van der Waals surface area contributed by atoms with Crippen molar-refractivity contribution in [1.29, 1.82) is 0 Å². The molecular weight excluding hydrogens is 289 g/mol. The SMILES string of the molecule is Cc1c(NS(C)(=O)=O)cccc1B1OC(C)(C)C(C)(C)O1. The van der Waals surface area contributed by atoms with Crippen LogP contribution in [0.5, 0.6) is 0 Å². The lowest BCUT2D eigenvalue weighted by atomic mass is 9.76. The normalized spacial score (nSPS) is 20.6. The maximum Gasteiger partial charge on any atom is 0.495 e. The summed E-state index contributed by atoms with van der Waals surface area (Å²) in [6.07, 6.45) is 1.13. The molecule has 0 bridgehead atoms. The van der Waals surface area contributed by atoms with Gasteiger partial charge in [0.05, 0.1) is 23.1 Å². The Hall–Kier alpha value is -1.05. The fourth-order valence-electron chi connectivity index (χ4n) is 2.19. The van der Waals surface area contributed by atoms with E-state index in [-0.39, 0.29) is 0 Å². The minimum absolute atomic E-state index is 0.426. The number of anilines is 1. The molecule has 0 atom stereocenters. The van der Waals surface area contributed by atoms with E-state index in [0.29, 0.717) is 5.69 Å². The highest BCUT2D eigenvalue weighted by molar-refractivity contribution is 7.92. The van der Waals surface area contributed by atoms with Gasteiger partial charge in [-0.3, -0.25) is 4.72 Å². The molecule has 1 aromatic rings. The summed E-state index contributed by atoms with van der Waals surface area (Å²) in [6, 6.07) is 5.41. The van der Waals surface area contributed by atoms with Gasteiger partial charge in [0.1, 0.15) is 0 Å². The standard InChI is InChI=1S/C14H22BNO4S/c1-10-11(8-7-9-12(10)16-21(6,17)18)15-19-13(2,3)14(4,5)20-15/h7-9,16H,1-6H3. The van der Waals surface area contributed by atoms with Gasteiger partial charge >= 0.3 is 7.12 Å². The summed E-state index contributed by atoms with van der Waals surface area (Å²) in [5, 5.41) is 0. The first-order chi connectivity index (χ1) is 9.43. The molecule has 0 spiro atoms. The Morgan fingerprint density at radius 2 is 1.62 bits per heavy atom. The van der Waals surface area contributed by atoms with Crippen LogP contribution in [0.2, 0.25) is 0 Å². The molecule has 21 heavy (non-hydrogen) atoms. The summed E-state index contributed by atoms with van der Waals surface area (Å²) < 4.78 is 37.4. The molecule has 1 N–H and O–H groups in total. The summed E-state index contributed by atoms with van der Waals surface area (Å²) in [7, 11) is -3.82. The molecule has 0 saturated carbocycles. The third kappa shape index (κ3) is 3.25. The maximum absolute atomic E-state index is 11.4. The van der Waals surface area contributed by atoms with Crippen LogP contribution < -0.4 is 10.2 Å². The highest BCUT2D eigenvalue weighted by atomic mass is 32.2. The predicted molar refractivity (Wildman–Crippen MR) is 85.4 cm³/mol. The predicted octanol–water partition coefficient (Wildman–Crippen LogP) is 1.67. The van der Waals surface area contributed by atoms with Crippen LogP contribution >= 0.6 is 0 Å². The first-order valence-corrected chi connectivity index (χ1v) is 8.75. The summed E-state index contributed by atoms with van der Waals surface area (Å²) in [6.45, 7) is 9.80. The molecule has 0 aliphatic carbocycles. The summed E-state index contributed by atoms with van der Waals surface area (Å²) in [5.74, 6) is 0. The highest BCUT2D eigenvalue weighted by Crippen LogP contribution is 2.36. The van der Waals surface area contributed by atoms with Gasteiger partial charge in [0.2, 0.25) is 10.0 Å². The van der Waals surface area contributed by atoms with E-state index in [2.05, 4.69) is 4.72 Å². The van der Waals surface area contributed by atoms with E-state index in [1.54, 1.807) is 12.1 Å². The second-order valence-electron chi connectivity index (χ2n) is 6.48. The van der Waals surface area contributed by atoms with E-state index in [9.17, 15) is 8.42 Å². The van der Waals surface area contributed by atoms with Gasteiger partial charge < -0.3 is 9.31 Å². The lowest BCUT2D eigenvalue weighted by Gasteiger charge is -2.32. The van der Waals surface area contributed by atoms with Crippen LogP contribution in [0.15, 0.2) is 18.2 Å². The van der Waals surface area contributed by atoms with Crippen molar-refractivity contribution in [2.45, 2.75) is 45.8 Å². The number of hydrogen-bond donors (Lipinski definition) is 1. The van der Waals surface area contributed by atoms with Crippen LogP contribution in [0.3, 0.4) is 0 Å². The van der Waals surface area contributed by atoms with Crippen molar-refractivity contribution in [1.82, 2.24) is 0 Å². The van der Waals surface area contributed by atoms with Gasteiger partial charge in [0, 0.05) is 0 Å².